The van der Waals surface area contributed by atoms with E-state index >= 15 is 0 Å². The first kappa shape index (κ1) is 27.3. The molecule has 1 saturated heterocycles. The number of nitrogens with one attached hydrogen (secondary N) is 4. The Morgan fingerprint density at radius 1 is 1.06 bits per heavy atom. The molecule has 1 fully saturated rings. The zero-order valence-corrected chi connectivity index (χ0v) is 18.7. The highest BCUT2D eigenvalue weighted by Gasteiger charge is 2.34. The molecule has 0 radical (unpaired) electrons. The molecule has 0 bridgehead atoms. The second kappa shape index (κ2) is 13.0. The number of rotatable bonds is 13. The number of primary amides is 1. The fourth-order valence-electron chi connectivity index (χ4n) is 3.32. The number of carboxylic acid groups (broad SMARTS) is 1. The SMILES string of the molecule is CCC(C)C(NC(=O)C(NC(=O)C(CCC(N)=O)NC(=O)C1CCCN1)C(C)O)C(=O)O. The summed E-state index contributed by atoms with van der Waals surface area (Å²) in [6.45, 7) is 5.36. The molecule has 6 unspecified atom stereocenters. The Hall–Kier alpha value is -2.73. The van der Waals surface area contributed by atoms with Gasteiger partial charge in [0.05, 0.1) is 12.1 Å². The molecule has 4 amide bonds. The van der Waals surface area contributed by atoms with E-state index in [0.717, 1.165) is 6.42 Å². The van der Waals surface area contributed by atoms with Crippen molar-refractivity contribution in [2.24, 2.45) is 11.7 Å². The van der Waals surface area contributed by atoms with Gasteiger partial charge in [0.15, 0.2) is 0 Å². The van der Waals surface area contributed by atoms with Crippen molar-refractivity contribution in [3.63, 3.8) is 0 Å². The zero-order chi connectivity index (χ0) is 24.4. The number of aliphatic carboxylic acids is 1. The maximum absolute atomic E-state index is 12.8. The Bertz CT molecular complexity index is 694. The predicted molar refractivity (Wildman–Crippen MR) is 114 cm³/mol. The van der Waals surface area contributed by atoms with Gasteiger partial charge >= 0.3 is 5.97 Å². The average molecular weight is 458 g/mol. The summed E-state index contributed by atoms with van der Waals surface area (Å²) < 4.78 is 0. The van der Waals surface area contributed by atoms with E-state index in [1.54, 1.807) is 13.8 Å². The first-order valence-corrected chi connectivity index (χ1v) is 10.8. The van der Waals surface area contributed by atoms with Crippen molar-refractivity contribution in [3.05, 3.63) is 0 Å². The van der Waals surface area contributed by atoms with Crippen LogP contribution in [0.15, 0.2) is 0 Å². The van der Waals surface area contributed by atoms with Crippen molar-refractivity contribution >= 4 is 29.6 Å². The Kier molecular flexibility index (Phi) is 11.1. The van der Waals surface area contributed by atoms with E-state index < -0.39 is 59.9 Å². The molecule has 12 nitrogen and oxygen atoms in total. The van der Waals surface area contributed by atoms with Gasteiger partial charge in [-0.1, -0.05) is 20.3 Å². The molecule has 0 aromatic carbocycles. The van der Waals surface area contributed by atoms with E-state index in [-0.39, 0.29) is 18.8 Å². The summed E-state index contributed by atoms with van der Waals surface area (Å²) in [6, 6.07) is -4.31. The lowest BCUT2D eigenvalue weighted by Crippen LogP contribution is -2.60. The third-order valence-corrected chi connectivity index (χ3v) is 5.53. The van der Waals surface area contributed by atoms with Crippen LogP contribution in [0.4, 0.5) is 0 Å². The van der Waals surface area contributed by atoms with E-state index in [1.807, 2.05) is 0 Å². The minimum atomic E-state index is -1.47. The second-order valence-electron chi connectivity index (χ2n) is 8.15. The molecule has 6 atom stereocenters. The van der Waals surface area contributed by atoms with Gasteiger partial charge in [0.25, 0.3) is 0 Å². The smallest absolute Gasteiger partial charge is 0.326 e. The quantitative estimate of drug-likeness (QED) is 0.164. The molecule has 1 rings (SSSR count). The maximum atomic E-state index is 12.8. The van der Waals surface area contributed by atoms with Crippen LogP contribution in [0.1, 0.15) is 52.9 Å². The fraction of sp³-hybridized carbons (Fsp3) is 0.750. The third-order valence-electron chi connectivity index (χ3n) is 5.53. The molecule has 0 aromatic rings. The number of hydrogen-bond acceptors (Lipinski definition) is 7. The lowest BCUT2D eigenvalue weighted by molar-refractivity contribution is -0.144. The topological polar surface area (TPSA) is 200 Å². The Balaban J connectivity index is 2.92. The van der Waals surface area contributed by atoms with Crippen molar-refractivity contribution in [2.75, 3.05) is 6.54 Å². The lowest BCUT2D eigenvalue weighted by Gasteiger charge is -2.27. The molecule has 8 N–H and O–H groups in total. The minimum Gasteiger partial charge on any atom is -0.480 e. The van der Waals surface area contributed by atoms with Crippen LogP contribution in [0.2, 0.25) is 0 Å². The van der Waals surface area contributed by atoms with Crippen LogP contribution >= 0.6 is 0 Å². The van der Waals surface area contributed by atoms with Crippen LogP contribution in [0.3, 0.4) is 0 Å². The predicted octanol–water partition coefficient (Wildman–Crippen LogP) is -2.03. The molecule has 1 aliphatic heterocycles. The van der Waals surface area contributed by atoms with Gasteiger partial charge in [0.1, 0.15) is 18.1 Å². The largest absolute Gasteiger partial charge is 0.480 e. The first-order chi connectivity index (χ1) is 15.0. The molecule has 12 heteroatoms. The number of carbonyl (C=O) groups excluding carboxylic acids is 4. The molecule has 0 saturated carbocycles. The van der Waals surface area contributed by atoms with E-state index in [4.69, 9.17) is 5.73 Å². The van der Waals surface area contributed by atoms with Crippen molar-refractivity contribution < 1.29 is 34.2 Å². The van der Waals surface area contributed by atoms with Crippen molar-refractivity contribution in [1.29, 1.82) is 0 Å². The molecule has 0 spiro atoms. The Morgan fingerprint density at radius 2 is 1.69 bits per heavy atom. The molecule has 32 heavy (non-hydrogen) atoms. The number of nitrogens with two attached hydrogens (primary N) is 1. The van der Waals surface area contributed by atoms with E-state index in [9.17, 15) is 34.2 Å². The standard InChI is InChI=1S/C20H35N5O7/c1-4-10(2)15(20(31)32)24-19(30)16(11(3)26)25-18(29)13(7-8-14(21)27)23-17(28)12-6-5-9-22-12/h10-13,15-16,22,26H,4-9H2,1-3H3,(H2,21,27)(H,23,28)(H,24,30)(H,25,29)(H,31,32). The highest BCUT2D eigenvalue weighted by Crippen LogP contribution is 2.10. The summed E-state index contributed by atoms with van der Waals surface area (Å²) in [5.41, 5.74) is 5.16. The highest BCUT2D eigenvalue weighted by molar-refractivity contribution is 5.94. The molecule has 182 valence electrons. The van der Waals surface area contributed by atoms with Crippen molar-refractivity contribution in [1.82, 2.24) is 21.3 Å². The Morgan fingerprint density at radius 3 is 2.16 bits per heavy atom. The van der Waals surface area contributed by atoms with Crippen LogP contribution in [0, 0.1) is 5.92 Å². The van der Waals surface area contributed by atoms with Crippen molar-refractivity contribution in [2.45, 2.75) is 83.1 Å². The molecular weight excluding hydrogens is 422 g/mol. The molecule has 1 heterocycles. The van der Waals surface area contributed by atoms with Crippen LogP contribution < -0.4 is 27.0 Å². The number of carbonyl (C=O) groups is 5. The van der Waals surface area contributed by atoms with Crippen LogP contribution in [-0.2, 0) is 24.0 Å². The number of hydrogen-bond donors (Lipinski definition) is 7. The van der Waals surface area contributed by atoms with Gasteiger partial charge in [-0.15, -0.1) is 0 Å². The van der Waals surface area contributed by atoms with Crippen LogP contribution in [0.5, 0.6) is 0 Å². The summed E-state index contributed by atoms with van der Waals surface area (Å²) in [4.78, 5) is 60.6. The van der Waals surface area contributed by atoms with Crippen LogP contribution in [-0.4, -0.2) is 76.6 Å². The van der Waals surface area contributed by atoms with E-state index in [2.05, 4.69) is 21.3 Å². The van der Waals surface area contributed by atoms with Crippen LogP contribution in [0.25, 0.3) is 0 Å². The monoisotopic (exact) mass is 457 g/mol. The zero-order valence-electron chi connectivity index (χ0n) is 18.7. The number of amides is 4. The number of aliphatic hydroxyl groups excluding tert-OH is 1. The fourth-order valence-corrected chi connectivity index (χ4v) is 3.32. The molecular formula is C20H35N5O7. The summed E-state index contributed by atoms with van der Waals surface area (Å²) in [5, 5.41) is 29.7. The minimum absolute atomic E-state index is 0.0988. The first-order valence-electron chi connectivity index (χ1n) is 10.8. The van der Waals surface area contributed by atoms with Crippen molar-refractivity contribution in [3.8, 4) is 0 Å². The summed E-state index contributed by atoms with van der Waals surface area (Å²) in [5.74, 6) is -4.39. The molecule has 1 aliphatic rings. The van der Waals surface area contributed by atoms with Gasteiger partial charge in [-0.3, -0.25) is 19.2 Å². The lowest BCUT2D eigenvalue weighted by atomic mass is 9.98. The Labute approximate surface area is 187 Å². The maximum Gasteiger partial charge on any atom is 0.326 e. The summed E-state index contributed by atoms with van der Waals surface area (Å²) in [6.07, 6.45) is 0.256. The van der Waals surface area contributed by atoms with Gasteiger partial charge in [-0.2, -0.15) is 0 Å². The van der Waals surface area contributed by atoms with Gasteiger partial charge in [-0.05, 0) is 38.6 Å². The third kappa shape index (κ3) is 8.42. The average Bonchev–Trinajstić information content (AvgIpc) is 3.26. The summed E-state index contributed by atoms with van der Waals surface area (Å²) in [7, 11) is 0. The van der Waals surface area contributed by atoms with Gasteiger partial charge in [0.2, 0.25) is 23.6 Å². The number of aliphatic hydroxyl groups is 1. The van der Waals surface area contributed by atoms with E-state index in [1.165, 1.54) is 6.92 Å². The molecule has 0 aromatic heterocycles. The normalized spacial score (nSPS) is 20.3. The van der Waals surface area contributed by atoms with E-state index in [0.29, 0.717) is 19.4 Å². The number of carboxylic acids is 1. The highest BCUT2D eigenvalue weighted by atomic mass is 16.4. The van der Waals surface area contributed by atoms with Gasteiger partial charge in [0, 0.05) is 6.42 Å². The second-order valence-corrected chi connectivity index (χ2v) is 8.15. The summed E-state index contributed by atoms with van der Waals surface area (Å²) >= 11 is 0. The molecule has 0 aliphatic carbocycles. The van der Waals surface area contributed by atoms with Gasteiger partial charge in [-0.25, -0.2) is 4.79 Å². The van der Waals surface area contributed by atoms with Gasteiger partial charge < -0.3 is 37.2 Å².